The molecule has 1 aromatic heterocycles. The first-order valence-electron chi connectivity index (χ1n) is 5.46. The van der Waals surface area contributed by atoms with Crippen molar-refractivity contribution in [3.8, 4) is 0 Å². The van der Waals surface area contributed by atoms with E-state index in [1.807, 2.05) is 11.8 Å². The maximum atomic E-state index is 11.7. The van der Waals surface area contributed by atoms with Crippen molar-refractivity contribution in [1.82, 2.24) is 10.3 Å². The molecule has 2 N–H and O–H groups in total. The lowest BCUT2D eigenvalue weighted by molar-refractivity contribution is -0.116. The Morgan fingerprint density at radius 1 is 1.65 bits per heavy atom. The topological polar surface area (TPSA) is 54.0 Å². The van der Waals surface area contributed by atoms with Gasteiger partial charge in [0.15, 0.2) is 0 Å². The molecule has 0 aromatic carbocycles. The third kappa shape index (κ3) is 4.18. The minimum absolute atomic E-state index is 0.0141. The van der Waals surface area contributed by atoms with E-state index in [1.165, 1.54) is 6.20 Å². The third-order valence-corrected chi connectivity index (χ3v) is 3.78. The van der Waals surface area contributed by atoms with E-state index >= 15 is 0 Å². The normalized spacial score (nSPS) is 19.9. The van der Waals surface area contributed by atoms with Gasteiger partial charge in [-0.05, 0) is 12.1 Å². The van der Waals surface area contributed by atoms with Gasteiger partial charge in [0.2, 0.25) is 5.91 Å². The van der Waals surface area contributed by atoms with Crippen molar-refractivity contribution in [2.75, 3.05) is 23.4 Å². The van der Waals surface area contributed by atoms with Crippen molar-refractivity contribution in [3.63, 3.8) is 0 Å². The van der Waals surface area contributed by atoms with Gasteiger partial charge in [-0.2, -0.15) is 11.8 Å². The molecule has 6 heteroatoms. The zero-order chi connectivity index (χ0) is 12.1. The van der Waals surface area contributed by atoms with Gasteiger partial charge >= 0.3 is 0 Å². The molecule has 92 valence electrons. The Hall–Kier alpha value is -0.780. The number of rotatable bonds is 3. The zero-order valence-corrected chi connectivity index (χ0v) is 10.9. The fourth-order valence-electron chi connectivity index (χ4n) is 1.62. The van der Waals surface area contributed by atoms with Crippen LogP contribution >= 0.6 is 23.4 Å². The minimum atomic E-state index is -0.0141. The van der Waals surface area contributed by atoms with Crippen molar-refractivity contribution in [3.05, 3.63) is 23.4 Å². The number of nitrogens with one attached hydrogen (secondary N) is 2. The van der Waals surface area contributed by atoms with Gasteiger partial charge in [-0.3, -0.25) is 4.79 Å². The number of thioether (sulfide) groups is 1. The molecule has 1 amide bonds. The summed E-state index contributed by atoms with van der Waals surface area (Å²) < 4.78 is 0. The van der Waals surface area contributed by atoms with Crippen LogP contribution in [-0.4, -0.2) is 35.0 Å². The van der Waals surface area contributed by atoms with Crippen LogP contribution < -0.4 is 10.6 Å². The monoisotopic (exact) mass is 271 g/mol. The number of carbonyl (C=O) groups is 1. The summed E-state index contributed by atoms with van der Waals surface area (Å²) in [4.78, 5) is 15.8. The lowest BCUT2D eigenvalue weighted by Crippen LogP contribution is -2.39. The van der Waals surface area contributed by atoms with E-state index in [0.717, 1.165) is 18.1 Å². The number of pyridine rings is 1. The molecule has 1 aliphatic heterocycles. The van der Waals surface area contributed by atoms with Gasteiger partial charge in [0.05, 0.1) is 5.02 Å². The Morgan fingerprint density at radius 3 is 3.18 bits per heavy atom. The highest BCUT2D eigenvalue weighted by molar-refractivity contribution is 7.99. The van der Waals surface area contributed by atoms with Crippen LogP contribution in [-0.2, 0) is 4.79 Å². The van der Waals surface area contributed by atoms with Crippen LogP contribution in [0.15, 0.2) is 18.3 Å². The molecule has 0 aliphatic carbocycles. The Morgan fingerprint density at radius 2 is 2.53 bits per heavy atom. The van der Waals surface area contributed by atoms with Crippen molar-refractivity contribution in [2.24, 2.45) is 0 Å². The number of hydrogen-bond acceptors (Lipinski definition) is 4. The highest BCUT2D eigenvalue weighted by Crippen LogP contribution is 2.12. The first-order valence-corrected chi connectivity index (χ1v) is 7.00. The second-order valence-corrected chi connectivity index (χ2v) is 5.43. The summed E-state index contributed by atoms with van der Waals surface area (Å²) in [6.07, 6.45) is 2.00. The molecule has 1 aliphatic rings. The van der Waals surface area contributed by atoms with Gasteiger partial charge in [0.25, 0.3) is 0 Å². The molecule has 1 aromatic rings. The fourth-order valence-corrected chi connectivity index (χ4v) is 2.68. The average Bonchev–Trinajstić information content (AvgIpc) is 2.33. The Bertz CT molecular complexity index is 379. The Balaban J connectivity index is 1.82. The first kappa shape index (κ1) is 12.7. The van der Waals surface area contributed by atoms with Gasteiger partial charge in [0, 0.05) is 36.7 Å². The summed E-state index contributed by atoms with van der Waals surface area (Å²) in [5.74, 6) is 2.64. The molecule has 1 atom stereocenters. The highest BCUT2D eigenvalue weighted by atomic mass is 35.5. The first-order chi connectivity index (χ1) is 8.24. The van der Waals surface area contributed by atoms with Crippen LogP contribution in [0.1, 0.15) is 6.42 Å². The largest absolute Gasteiger partial charge is 0.312 e. The molecule has 0 bridgehead atoms. The molecule has 0 radical (unpaired) electrons. The fraction of sp³-hybridized carbons (Fsp3) is 0.455. The van der Waals surface area contributed by atoms with E-state index in [1.54, 1.807) is 12.1 Å². The van der Waals surface area contributed by atoms with E-state index in [-0.39, 0.29) is 11.9 Å². The van der Waals surface area contributed by atoms with Gasteiger partial charge in [-0.1, -0.05) is 11.6 Å². The van der Waals surface area contributed by atoms with Gasteiger partial charge < -0.3 is 10.6 Å². The minimum Gasteiger partial charge on any atom is -0.312 e. The standard InChI is InChI=1S/C11H14ClN3OS/c12-8-1-2-10(14-6-8)15-11(16)5-9-7-17-4-3-13-9/h1-2,6,9,13H,3-5,7H2,(H,14,15,16). The smallest absolute Gasteiger partial charge is 0.227 e. The van der Waals surface area contributed by atoms with Crippen LogP contribution in [0.3, 0.4) is 0 Å². The summed E-state index contributed by atoms with van der Waals surface area (Å²) in [5.41, 5.74) is 0. The van der Waals surface area contributed by atoms with Crippen LogP contribution in [0.4, 0.5) is 5.82 Å². The van der Waals surface area contributed by atoms with E-state index in [9.17, 15) is 4.79 Å². The predicted molar refractivity (Wildman–Crippen MR) is 71.6 cm³/mol. The SMILES string of the molecule is O=C(CC1CSCCN1)Nc1ccc(Cl)cn1. The lowest BCUT2D eigenvalue weighted by atomic mass is 10.2. The van der Waals surface area contributed by atoms with E-state index < -0.39 is 0 Å². The zero-order valence-electron chi connectivity index (χ0n) is 9.28. The van der Waals surface area contributed by atoms with Crippen molar-refractivity contribution < 1.29 is 4.79 Å². The van der Waals surface area contributed by atoms with Crippen LogP contribution in [0.25, 0.3) is 0 Å². The molecule has 4 nitrogen and oxygen atoms in total. The summed E-state index contributed by atoms with van der Waals surface area (Å²) in [6.45, 7) is 0.974. The maximum Gasteiger partial charge on any atom is 0.227 e. The van der Waals surface area contributed by atoms with Crippen molar-refractivity contribution in [1.29, 1.82) is 0 Å². The Labute approximate surface area is 110 Å². The molecule has 17 heavy (non-hydrogen) atoms. The predicted octanol–water partition coefficient (Wildman–Crippen LogP) is 1.77. The van der Waals surface area contributed by atoms with Crippen molar-refractivity contribution >= 4 is 35.1 Å². The number of aromatic nitrogens is 1. The lowest BCUT2D eigenvalue weighted by Gasteiger charge is -2.22. The maximum absolute atomic E-state index is 11.7. The molecule has 2 heterocycles. The van der Waals surface area contributed by atoms with Gasteiger partial charge in [-0.25, -0.2) is 4.98 Å². The molecule has 0 spiro atoms. The van der Waals surface area contributed by atoms with Crippen LogP contribution in [0.5, 0.6) is 0 Å². The second kappa shape index (κ2) is 6.23. The van der Waals surface area contributed by atoms with Crippen molar-refractivity contribution in [2.45, 2.75) is 12.5 Å². The van der Waals surface area contributed by atoms with E-state index in [2.05, 4.69) is 15.6 Å². The summed E-state index contributed by atoms with van der Waals surface area (Å²) in [7, 11) is 0. The number of nitrogens with zero attached hydrogens (tertiary/aromatic N) is 1. The van der Waals surface area contributed by atoms with E-state index in [0.29, 0.717) is 17.3 Å². The number of amides is 1. The summed E-state index contributed by atoms with van der Waals surface area (Å²) in [6, 6.07) is 3.67. The average molecular weight is 272 g/mol. The summed E-state index contributed by atoms with van der Waals surface area (Å²) in [5, 5.41) is 6.64. The highest BCUT2D eigenvalue weighted by Gasteiger charge is 2.16. The van der Waals surface area contributed by atoms with E-state index in [4.69, 9.17) is 11.6 Å². The molecule has 0 saturated carbocycles. The van der Waals surface area contributed by atoms with Gasteiger partial charge in [-0.15, -0.1) is 0 Å². The quantitative estimate of drug-likeness (QED) is 0.880. The number of anilines is 1. The third-order valence-electron chi connectivity index (χ3n) is 2.43. The summed E-state index contributed by atoms with van der Waals surface area (Å²) >= 11 is 7.59. The number of carbonyl (C=O) groups excluding carboxylic acids is 1. The van der Waals surface area contributed by atoms with Gasteiger partial charge in [0.1, 0.15) is 5.82 Å². The Kier molecular flexibility index (Phi) is 4.65. The second-order valence-electron chi connectivity index (χ2n) is 3.84. The van der Waals surface area contributed by atoms with Crippen LogP contribution in [0.2, 0.25) is 5.02 Å². The number of hydrogen-bond donors (Lipinski definition) is 2. The molecule has 2 rings (SSSR count). The molecular formula is C11H14ClN3OS. The molecule has 1 saturated heterocycles. The number of halogens is 1. The van der Waals surface area contributed by atoms with Crippen LogP contribution in [0, 0.1) is 0 Å². The molecule has 1 fully saturated rings. The molecular weight excluding hydrogens is 258 g/mol. The molecule has 1 unspecified atom stereocenters.